The van der Waals surface area contributed by atoms with Crippen molar-refractivity contribution in [1.29, 1.82) is 0 Å². The fourth-order valence-electron chi connectivity index (χ4n) is 1.85. The van der Waals surface area contributed by atoms with E-state index >= 15 is 0 Å². The predicted molar refractivity (Wildman–Crippen MR) is 75.3 cm³/mol. The Kier molecular flexibility index (Phi) is 4.24. The highest BCUT2D eigenvalue weighted by Gasteiger charge is 2.30. The molecule has 0 radical (unpaired) electrons. The monoisotopic (exact) mass is 294 g/mol. The number of nitrogen functional groups attached to an aromatic ring is 1. The molecule has 2 rings (SSSR count). The Morgan fingerprint density at radius 2 is 2.20 bits per heavy atom. The highest BCUT2D eigenvalue weighted by atomic mass is 35.5. The van der Waals surface area contributed by atoms with Crippen LogP contribution in [-0.2, 0) is 16.6 Å². The van der Waals surface area contributed by atoms with Crippen molar-refractivity contribution >= 4 is 23.5 Å². The van der Waals surface area contributed by atoms with Crippen LogP contribution in [0.25, 0.3) is 0 Å². The van der Waals surface area contributed by atoms with Crippen molar-refractivity contribution in [2.45, 2.75) is 12.8 Å². The first-order valence-corrected chi connectivity index (χ1v) is 6.49. The third-order valence-electron chi connectivity index (χ3n) is 2.81. The smallest absolute Gasteiger partial charge is 0.321 e. The fraction of sp³-hybridized carbons (Fsp3) is 0.308. The molecule has 1 heterocycles. The molecule has 7 heteroatoms. The van der Waals surface area contributed by atoms with Crippen LogP contribution in [0.4, 0.5) is 5.95 Å². The van der Waals surface area contributed by atoms with E-state index in [1.165, 1.54) is 4.68 Å². The standard InChI is InChI=1S/C13H15ClN4O2/c1-3-20-12(19)10(8-6-4-5-7-9(8)14)11-16-13(15)18(2)17-11/h4-7,10H,3H2,1-2H3,(H2,15,16,17). The molecule has 1 aromatic carbocycles. The molecule has 0 fully saturated rings. The molecule has 20 heavy (non-hydrogen) atoms. The summed E-state index contributed by atoms with van der Waals surface area (Å²) in [5.41, 5.74) is 6.27. The average Bonchev–Trinajstić information content (AvgIpc) is 2.72. The number of rotatable bonds is 4. The van der Waals surface area contributed by atoms with Crippen molar-refractivity contribution in [1.82, 2.24) is 14.8 Å². The van der Waals surface area contributed by atoms with E-state index in [4.69, 9.17) is 22.1 Å². The van der Waals surface area contributed by atoms with Crippen molar-refractivity contribution in [3.63, 3.8) is 0 Å². The van der Waals surface area contributed by atoms with Crippen molar-refractivity contribution in [3.8, 4) is 0 Å². The van der Waals surface area contributed by atoms with E-state index in [-0.39, 0.29) is 18.4 Å². The van der Waals surface area contributed by atoms with Crippen LogP contribution in [0.3, 0.4) is 0 Å². The molecule has 0 saturated carbocycles. The Labute approximate surface area is 121 Å². The quantitative estimate of drug-likeness (QED) is 0.869. The van der Waals surface area contributed by atoms with Gasteiger partial charge < -0.3 is 10.5 Å². The number of anilines is 1. The molecule has 1 atom stereocenters. The zero-order valence-electron chi connectivity index (χ0n) is 11.2. The Morgan fingerprint density at radius 3 is 2.75 bits per heavy atom. The predicted octanol–water partition coefficient (Wildman–Crippen LogP) is 1.75. The van der Waals surface area contributed by atoms with Gasteiger partial charge in [-0.3, -0.25) is 4.79 Å². The second-order valence-electron chi connectivity index (χ2n) is 4.16. The van der Waals surface area contributed by atoms with Gasteiger partial charge in [0.1, 0.15) is 5.92 Å². The van der Waals surface area contributed by atoms with Gasteiger partial charge in [0.25, 0.3) is 0 Å². The second-order valence-corrected chi connectivity index (χ2v) is 4.57. The maximum Gasteiger partial charge on any atom is 0.321 e. The Bertz CT molecular complexity index is 607. The number of hydrogen-bond donors (Lipinski definition) is 1. The Hall–Kier alpha value is -2.08. The van der Waals surface area contributed by atoms with Crippen LogP contribution in [0.15, 0.2) is 24.3 Å². The first-order valence-electron chi connectivity index (χ1n) is 6.12. The number of carbonyl (C=O) groups is 1. The van der Waals surface area contributed by atoms with Crippen molar-refractivity contribution < 1.29 is 9.53 Å². The molecule has 0 saturated heterocycles. The summed E-state index contributed by atoms with van der Waals surface area (Å²) in [4.78, 5) is 16.3. The summed E-state index contributed by atoms with van der Waals surface area (Å²) >= 11 is 6.16. The molecule has 0 aliphatic rings. The largest absolute Gasteiger partial charge is 0.465 e. The van der Waals surface area contributed by atoms with E-state index < -0.39 is 11.9 Å². The van der Waals surface area contributed by atoms with Gasteiger partial charge in [0.15, 0.2) is 5.82 Å². The van der Waals surface area contributed by atoms with E-state index in [2.05, 4.69) is 10.1 Å². The van der Waals surface area contributed by atoms with Gasteiger partial charge in [0.2, 0.25) is 5.95 Å². The number of benzene rings is 1. The fourth-order valence-corrected chi connectivity index (χ4v) is 2.09. The molecule has 2 N–H and O–H groups in total. The molecule has 1 aromatic heterocycles. The molecule has 0 spiro atoms. The van der Waals surface area contributed by atoms with Crippen LogP contribution in [0.5, 0.6) is 0 Å². The number of nitrogens with two attached hydrogens (primary N) is 1. The molecule has 1 unspecified atom stereocenters. The van der Waals surface area contributed by atoms with Crippen molar-refractivity contribution in [2.75, 3.05) is 12.3 Å². The molecule has 0 bridgehead atoms. The van der Waals surface area contributed by atoms with Gasteiger partial charge in [-0.2, -0.15) is 10.1 Å². The summed E-state index contributed by atoms with van der Waals surface area (Å²) in [6, 6.07) is 7.03. The number of aryl methyl sites for hydroxylation is 1. The van der Waals surface area contributed by atoms with Crippen LogP contribution < -0.4 is 5.73 Å². The lowest BCUT2D eigenvalue weighted by molar-refractivity contribution is -0.144. The van der Waals surface area contributed by atoms with Crippen molar-refractivity contribution in [3.05, 3.63) is 40.7 Å². The summed E-state index contributed by atoms with van der Waals surface area (Å²) < 4.78 is 6.49. The lowest BCUT2D eigenvalue weighted by Crippen LogP contribution is -2.19. The molecule has 2 aromatic rings. The van der Waals surface area contributed by atoms with Gasteiger partial charge in [0.05, 0.1) is 6.61 Å². The molecule has 0 aliphatic carbocycles. The molecule has 0 aliphatic heterocycles. The highest BCUT2D eigenvalue weighted by Crippen LogP contribution is 2.30. The number of carbonyl (C=O) groups excluding carboxylic acids is 1. The number of halogens is 1. The lowest BCUT2D eigenvalue weighted by atomic mass is 9.98. The number of aromatic nitrogens is 3. The normalized spacial score (nSPS) is 12.2. The number of nitrogens with zero attached hydrogens (tertiary/aromatic N) is 3. The number of esters is 1. The maximum absolute atomic E-state index is 12.2. The second kappa shape index (κ2) is 5.92. The SMILES string of the molecule is CCOC(=O)C(c1nc(N)n(C)n1)c1ccccc1Cl. The van der Waals surface area contributed by atoms with E-state index in [1.54, 1.807) is 38.2 Å². The number of hydrogen-bond acceptors (Lipinski definition) is 5. The van der Waals surface area contributed by atoms with E-state index in [9.17, 15) is 4.79 Å². The highest BCUT2D eigenvalue weighted by molar-refractivity contribution is 6.31. The molecular weight excluding hydrogens is 280 g/mol. The third-order valence-corrected chi connectivity index (χ3v) is 3.15. The average molecular weight is 295 g/mol. The Morgan fingerprint density at radius 1 is 1.50 bits per heavy atom. The first-order chi connectivity index (χ1) is 9.54. The molecule has 6 nitrogen and oxygen atoms in total. The summed E-state index contributed by atoms with van der Waals surface area (Å²) in [5, 5.41) is 4.61. The van der Waals surface area contributed by atoms with E-state index in [1.807, 2.05) is 0 Å². The zero-order valence-corrected chi connectivity index (χ0v) is 12.0. The minimum absolute atomic E-state index is 0.223. The van der Waals surface area contributed by atoms with Crippen LogP contribution in [0.2, 0.25) is 5.02 Å². The van der Waals surface area contributed by atoms with Crippen LogP contribution in [0, 0.1) is 0 Å². The van der Waals surface area contributed by atoms with Gasteiger partial charge in [-0.1, -0.05) is 29.8 Å². The van der Waals surface area contributed by atoms with Crippen LogP contribution in [0.1, 0.15) is 24.2 Å². The van der Waals surface area contributed by atoms with E-state index in [0.717, 1.165) is 0 Å². The van der Waals surface area contributed by atoms with Crippen LogP contribution in [-0.4, -0.2) is 27.3 Å². The molecular formula is C13H15ClN4O2. The maximum atomic E-state index is 12.2. The minimum Gasteiger partial charge on any atom is -0.465 e. The van der Waals surface area contributed by atoms with Gasteiger partial charge in [0, 0.05) is 12.1 Å². The summed E-state index contributed by atoms with van der Waals surface area (Å²) in [5.74, 6) is -0.740. The van der Waals surface area contributed by atoms with Gasteiger partial charge >= 0.3 is 5.97 Å². The summed E-state index contributed by atoms with van der Waals surface area (Å²) in [6.45, 7) is 2.00. The van der Waals surface area contributed by atoms with Gasteiger partial charge in [-0.05, 0) is 18.6 Å². The third kappa shape index (κ3) is 2.75. The van der Waals surface area contributed by atoms with Crippen LogP contribution >= 0.6 is 11.6 Å². The zero-order chi connectivity index (χ0) is 14.7. The van der Waals surface area contributed by atoms with Crippen molar-refractivity contribution in [2.24, 2.45) is 7.05 Å². The minimum atomic E-state index is -0.785. The molecule has 106 valence electrons. The molecule has 0 amide bonds. The summed E-state index contributed by atoms with van der Waals surface area (Å²) in [7, 11) is 1.65. The topological polar surface area (TPSA) is 83.0 Å². The van der Waals surface area contributed by atoms with Gasteiger partial charge in [-0.15, -0.1) is 0 Å². The Balaban J connectivity index is 2.50. The van der Waals surface area contributed by atoms with E-state index in [0.29, 0.717) is 10.6 Å². The first kappa shape index (κ1) is 14.3. The van der Waals surface area contributed by atoms with Gasteiger partial charge in [-0.25, -0.2) is 4.68 Å². The summed E-state index contributed by atoms with van der Waals surface area (Å²) in [6.07, 6.45) is 0. The number of ether oxygens (including phenoxy) is 1. The lowest BCUT2D eigenvalue weighted by Gasteiger charge is -2.14.